The van der Waals surface area contributed by atoms with Crippen LogP contribution in [0.25, 0.3) is 0 Å². The lowest BCUT2D eigenvalue weighted by Crippen LogP contribution is -2.39. The fraction of sp³-hybridized carbons (Fsp3) is 0.588. The van der Waals surface area contributed by atoms with Gasteiger partial charge in [0.1, 0.15) is 5.76 Å². The van der Waals surface area contributed by atoms with Crippen LogP contribution in [-0.2, 0) is 6.42 Å². The largest absolute Gasteiger partial charge is 0.456 e. The number of likely N-dealkylation sites (tertiary alicyclic amines) is 1. The lowest BCUT2D eigenvalue weighted by molar-refractivity contribution is 0.0662. The van der Waals surface area contributed by atoms with Gasteiger partial charge in [0.05, 0.1) is 5.92 Å². The van der Waals surface area contributed by atoms with E-state index in [0.29, 0.717) is 18.2 Å². The number of unbranched alkanes of at least 4 members (excludes halogenated alkanes) is 1. The lowest BCUT2D eigenvalue weighted by atomic mass is 9.97. The molecule has 0 aliphatic carbocycles. The van der Waals surface area contributed by atoms with Gasteiger partial charge in [-0.25, -0.2) is 0 Å². The van der Waals surface area contributed by atoms with Gasteiger partial charge in [-0.1, -0.05) is 18.5 Å². The van der Waals surface area contributed by atoms with E-state index in [1.54, 1.807) is 6.07 Å². The zero-order chi connectivity index (χ0) is 16.2. The quantitative estimate of drug-likeness (QED) is 0.845. The van der Waals surface area contributed by atoms with Gasteiger partial charge in [-0.2, -0.15) is 4.98 Å². The summed E-state index contributed by atoms with van der Waals surface area (Å²) in [6.07, 6.45) is 4.92. The highest BCUT2D eigenvalue weighted by Crippen LogP contribution is 2.27. The van der Waals surface area contributed by atoms with Crippen molar-refractivity contribution in [3.05, 3.63) is 35.4 Å². The van der Waals surface area contributed by atoms with Crippen LogP contribution in [0.4, 0.5) is 0 Å². The van der Waals surface area contributed by atoms with Crippen molar-refractivity contribution >= 4 is 5.91 Å². The molecule has 3 rings (SSSR count). The number of carbonyl (C=O) groups excluding carboxylic acids is 1. The number of aromatic nitrogens is 2. The van der Waals surface area contributed by atoms with E-state index >= 15 is 0 Å². The molecule has 6 nitrogen and oxygen atoms in total. The summed E-state index contributed by atoms with van der Waals surface area (Å²) >= 11 is 0. The van der Waals surface area contributed by atoms with Gasteiger partial charge in [0.2, 0.25) is 5.89 Å². The zero-order valence-corrected chi connectivity index (χ0v) is 13.7. The molecule has 3 heterocycles. The number of rotatable bonds is 5. The van der Waals surface area contributed by atoms with Gasteiger partial charge in [0.15, 0.2) is 11.6 Å². The molecule has 6 heteroatoms. The van der Waals surface area contributed by atoms with Crippen molar-refractivity contribution in [2.75, 3.05) is 13.1 Å². The SMILES string of the molecule is CCCCc1noc([C@H]2CCCN(C(=O)c3ccc(C)o3)C2)n1. The van der Waals surface area contributed by atoms with Crippen molar-refractivity contribution < 1.29 is 13.7 Å². The van der Waals surface area contributed by atoms with Crippen LogP contribution in [0.5, 0.6) is 0 Å². The van der Waals surface area contributed by atoms with Gasteiger partial charge in [0.25, 0.3) is 5.91 Å². The molecule has 1 saturated heterocycles. The third-order valence-electron chi connectivity index (χ3n) is 4.25. The second-order valence-electron chi connectivity index (χ2n) is 6.15. The first-order chi connectivity index (χ1) is 11.2. The third kappa shape index (κ3) is 3.63. The molecule has 23 heavy (non-hydrogen) atoms. The van der Waals surface area contributed by atoms with Crippen molar-refractivity contribution in [1.29, 1.82) is 0 Å². The van der Waals surface area contributed by atoms with Crippen LogP contribution in [-0.4, -0.2) is 34.0 Å². The summed E-state index contributed by atoms with van der Waals surface area (Å²) in [6.45, 7) is 5.33. The molecule has 124 valence electrons. The van der Waals surface area contributed by atoms with Gasteiger partial charge in [-0.05, 0) is 38.3 Å². The molecular formula is C17H23N3O3. The molecule has 0 radical (unpaired) electrons. The Balaban J connectivity index is 1.66. The molecule has 1 aliphatic heterocycles. The van der Waals surface area contributed by atoms with E-state index in [1.807, 2.05) is 17.9 Å². The Hall–Kier alpha value is -2.11. The van der Waals surface area contributed by atoms with E-state index in [-0.39, 0.29) is 11.8 Å². The Bertz CT molecular complexity index is 662. The first kappa shape index (κ1) is 15.8. The van der Waals surface area contributed by atoms with Crippen LogP contribution in [0.1, 0.15) is 66.6 Å². The van der Waals surface area contributed by atoms with E-state index in [2.05, 4.69) is 17.1 Å². The summed E-state index contributed by atoms with van der Waals surface area (Å²) in [5, 5.41) is 4.05. The molecule has 0 aromatic carbocycles. The second kappa shape index (κ2) is 6.98. The molecule has 0 saturated carbocycles. The fourth-order valence-electron chi connectivity index (χ4n) is 2.94. The summed E-state index contributed by atoms with van der Waals surface area (Å²) in [4.78, 5) is 18.8. The van der Waals surface area contributed by atoms with Gasteiger partial charge in [-0.3, -0.25) is 4.79 Å². The van der Waals surface area contributed by atoms with E-state index in [0.717, 1.165) is 50.2 Å². The number of furan rings is 1. The maximum absolute atomic E-state index is 12.5. The first-order valence-electron chi connectivity index (χ1n) is 8.35. The van der Waals surface area contributed by atoms with Crippen LogP contribution < -0.4 is 0 Å². The monoisotopic (exact) mass is 317 g/mol. The number of aryl methyl sites for hydroxylation is 2. The van der Waals surface area contributed by atoms with Crippen LogP contribution in [0.15, 0.2) is 21.1 Å². The summed E-state index contributed by atoms with van der Waals surface area (Å²) in [7, 11) is 0. The number of nitrogens with zero attached hydrogens (tertiary/aromatic N) is 3. The Morgan fingerprint density at radius 1 is 1.43 bits per heavy atom. The highest BCUT2D eigenvalue weighted by molar-refractivity contribution is 5.91. The smallest absolute Gasteiger partial charge is 0.289 e. The van der Waals surface area contributed by atoms with E-state index in [9.17, 15) is 4.79 Å². The van der Waals surface area contributed by atoms with Crippen LogP contribution in [0, 0.1) is 6.92 Å². The van der Waals surface area contributed by atoms with Gasteiger partial charge in [0, 0.05) is 19.5 Å². The van der Waals surface area contributed by atoms with Crippen molar-refractivity contribution in [3.63, 3.8) is 0 Å². The third-order valence-corrected chi connectivity index (χ3v) is 4.25. The van der Waals surface area contributed by atoms with Gasteiger partial charge >= 0.3 is 0 Å². The number of piperidine rings is 1. The van der Waals surface area contributed by atoms with Crippen LogP contribution in [0.2, 0.25) is 0 Å². The molecule has 0 N–H and O–H groups in total. The van der Waals surface area contributed by atoms with Crippen LogP contribution >= 0.6 is 0 Å². The molecule has 2 aromatic rings. The maximum Gasteiger partial charge on any atom is 0.289 e. The van der Waals surface area contributed by atoms with E-state index in [4.69, 9.17) is 8.94 Å². The Morgan fingerprint density at radius 2 is 2.30 bits per heavy atom. The predicted octanol–water partition coefficient (Wildman–Crippen LogP) is 3.33. The Labute approximate surface area is 135 Å². The Morgan fingerprint density at radius 3 is 3.04 bits per heavy atom. The molecular weight excluding hydrogens is 294 g/mol. The standard InChI is InChI=1S/C17H23N3O3/c1-3-4-7-15-18-16(23-19-15)13-6-5-10-20(11-13)17(21)14-9-8-12(2)22-14/h8-9,13H,3-7,10-11H2,1-2H3/t13-/m0/s1. The summed E-state index contributed by atoms with van der Waals surface area (Å²) in [5.74, 6) is 2.63. The first-order valence-corrected chi connectivity index (χ1v) is 8.35. The number of hydrogen-bond donors (Lipinski definition) is 0. The molecule has 1 aliphatic rings. The fourth-order valence-corrected chi connectivity index (χ4v) is 2.94. The molecule has 1 atom stereocenters. The number of carbonyl (C=O) groups is 1. The minimum Gasteiger partial charge on any atom is -0.456 e. The predicted molar refractivity (Wildman–Crippen MR) is 84.2 cm³/mol. The maximum atomic E-state index is 12.5. The second-order valence-corrected chi connectivity index (χ2v) is 6.15. The lowest BCUT2D eigenvalue weighted by Gasteiger charge is -2.30. The summed E-state index contributed by atoms with van der Waals surface area (Å²) in [6, 6.07) is 3.55. The Kier molecular flexibility index (Phi) is 4.79. The average molecular weight is 317 g/mol. The van der Waals surface area contributed by atoms with E-state index in [1.165, 1.54) is 0 Å². The van der Waals surface area contributed by atoms with Crippen molar-refractivity contribution in [3.8, 4) is 0 Å². The molecule has 1 fully saturated rings. The number of amides is 1. The van der Waals surface area contributed by atoms with Crippen LogP contribution in [0.3, 0.4) is 0 Å². The average Bonchev–Trinajstić information content (AvgIpc) is 3.21. The normalized spacial score (nSPS) is 18.3. The summed E-state index contributed by atoms with van der Waals surface area (Å²) < 4.78 is 10.9. The highest BCUT2D eigenvalue weighted by Gasteiger charge is 2.30. The summed E-state index contributed by atoms with van der Waals surface area (Å²) in [5.41, 5.74) is 0. The number of hydrogen-bond acceptors (Lipinski definition) is 5. The zero-order valence-electron chi connectivity index (χ0n) is 13.7. The van der Waals surface area contributed by atoms with Crippen molar-refractivity contribution in [1.82, 2.24) is 15.0 Å². The minimum atomic E-state index is -0.0616. The highest BCUT2D eigenvalue weighted by atomic mass is 16.5. The van der Waals surface area contributed by atoms with Gasteiger partial charge in [-0.15, -0.1) is 0 Å². The minimum absolute atomic E-state index is 0.0616. The van der Waals surface area contributed by atoms with Gasteiger partial charge < -0.3 is 13.8 Å². The van der Waals surface area contributed by atoms with Crippen molar-refractivity contribution in [2.45, 2.75) is 51.9 Å². The topological polar surface area (TPSA) is 72.4 Å². The molecule has 0 bridgehead atoms. The molecule has 0 spiro atoms. The molecule has 1 amide bonds. The molecule has 2 aromatic heterocycles. The molecule has 0 unspecified atom stereocenters. The van der Waals surface area contributed by atoms with E-state index < -0.39 is 0 Å². The van der Waals surface area contributed by atoms with Crippen molar-refractivity contribution in [2.24, 2.45) is 0 Å².